The molecular formula is C18H28O3Si. The lowest BCUT2D eigenvalue weighted by molar-refractivity contribution is -0.136. The van der Waals surface area contributed by atoms with Crippen LogP contribution in [0.25, 0.3) is 0 Å². The van der Waals surface area contributed by atoms with Crippen LogP contribution in [0, 0.1) is 0 Å². The zero-order chi connectivity index (χ0) is 17.0. The van der Waals surface area contributed by atoms with Gasteiger partial charge in [-0.3, -0.25) is 0 Å². The molecule has 0 amide bonds. The Labute approximate surface area is 135 Å². The molecule has 3 nitrogen and oxygen atoms in total. The average Bonchev–Trinajstić information content (AvgIpc) is 2.46. The second-order valence-corrected chi connectivity index (χ2v) is 11.9. The van der Waals surface area contributed by atoms with Gasteiger partial charge in [0.25, 0.3) is 0 Å². The summed E-state index contributed by atoms with van der Waals surface area (Å²) in [6.07, 6.45) is 0. The van der Waals surface area contributed by atoms with Gasteiger partial charge in [-0.2, -0.15) is 0 Å². The van der Waals surface area contributed by atoms with E-state index < -0.39 is 8.32 Å². The van der Waals surface area contributed by atoms with Gasteiger partial charge in [0.1, 0.15) is 0 Å². The first-order chi connectivity index (χ1) is 10.1. The molecule has 0 unspecified atom stereocenters. The highest BCUT2D eigenvalue weighted by atomic mass is 28.4. The predicted octanol–water partition coefficient (Wildman–Crippen LogP) is 4.52. The second kappa shape index (κ2) is 7.25. The molecule has 0 saturated heterocycles. The standard InChI is InChI=1S/C18H28O3Si/c1-14(17(19)20-5)16(15-11-9-8-10-12-15)13-21-22(6,7)18(2,3)4/h8-12,16H,1,13H2,2-7H3/t16-/m1/s1. The van der Waals surface area contributed by atoms with Gasteiger partial charge in [0.2, 0.25) is 0 Å². The summed E-state index contributed by atoms with van der Waals surface area (Å²) in [6.45, 7) is 15.4. The Kier molecular flexibility index (Phi) is 6.14. The van der Waals surface area contributed by atoms with E-state index in [4.69, 9.17) is 9.16 Å². The number of hydrogen-bond donors (Lipinski definition) is 0. The van der Waals surface area contributed by atoms with E-state index in [-0.39, 0.29) is 16.9 Å². The molecule has 0 saturated carbocycles. The molecule has 1 aromatic carbocycles. The number of methoxy groups -OCH3 is 1. The van der Waals surface area contributed by atoms with E-state index in [2.05, 4.69) is 40.4 Å². The van der Waals surface area contributed by atoms with E-state index in [1.807, 2.05) is 30.3 Å². The fraction of sp³-hybridized carbons (Fsp3) is 0.500. The first kappa shape index (κ1) is 18.7. The van der Waals surface area contributed by atoms with Gasteiger partial charge in [-0.1, -0.05) is 57.7 Å². The predicted molar refractivity (Wildman–Crippen MR) is 93.5 cm³/mol. The summed E-state index contributed by atoms with van der Waals surface area (Å²) in [5.41, 5.74) is 1.46. The highest BCUT2D eigenvalue weighted by Gasteiger charge is 2.38. The zero-order valence-electron chi connectivity index (χ0n) is 14.6. The summed E-state index contributed by atoms with van der Waals surface area (Å²) >= 11 is 0. The molecular weight excluding hydrogens is 292 g/mol. The summed E-state index contributed by atoms with van der Waals surface area (Å²) in [4.78, 5) is 11.9. The molecule has 4 heteroatoms. The summed E-state index contributed by atoms with van der Waals surface area (Å²) in [7, 11) is -0.505. The maximum Gasteiger partial charge on any atom is 0.333 e. The van der Waals surface area contributed by atoms with E-state index in [0.717, 1.165) is 5.56 Å². The maximum atomic E-state index is 11.9. The van der Waals surface area contributed by atoms with Crippen molar-refractivity contribution >= 4 is 14.3 Å². The molecule has 0 heterocycles. The van der Waals surface area contributed by atoms with Crippen LogP contribution in [0.4, 0.5) is 0 Å². The van der Waals surface area contributed by atoms with Crippen LogP contribution in [0.5, 0.6) is 0 Å². The highest BCUT2D eigenvalue weighted by Crippen LogP contribution is 2.38. The number of carbonyl (C=O) groups is 1. The number of rotatable bonds is 6. The lowest BCUT2D eigenvalue weighted by atomic mass is 9.93. The second-order valence-electron chi connectivity index (χ2n) is 7.05. The van der Waals surface area contributed by atoms with Crippen molar-refractivity contribution < 1.29 is 14.0 Å². The lowest BCUT2D eigenvalue weighted by Crippen LogP contribution is -2.42. The van der Waals surface area contributed by atoms with Crippen molar-refractivity contribution in [1.29, 1.82) is 0 Å². The summed E-state index contributed by atoms with van der Waals surface area (Å²) in [5.74, 6) is -0.560. The third-order valence-electron chi connectivity index (χ3n) is 4.49. The molecule has 0 aliphatic carbocycles. The van der Waals surface area contributed by atoms with Gasteiger partial charge in [0.15, 0.2) is 8.32 Å². The Balaban J connectivity index is 2.98. The van der Waals surface area contributed by atoms with E-state index in [1.165, 1.54) is 7.11 Å². The molecule has 0 aliphatic heterocycles. The van der Waals surface area contributed by atoms with Crippen LogP contribution >= 0.6 is 0 Å². The van der Waals surface area contributed by atoms with Crippen molar-refractivity contribution in [1.82, 2.24) is 0 Å². The Morgan fingerprint density at radius 1 is 1.23 bits per heavy atom. The van der Waals surface area contributed by atoms with Gasteiger partial charge < -0.3 is 9.16 Å². The number of benzene rings is 1. The van der Waals surface area contributed by atoms with Gasteiger partial charge in [0.05, 0.1) is 7.11 Å². The third-order valence-corrected chi connectivity index (χ3v) is 8.99. The minimum atomic E-state index is -1.88. The lowest BCUT2D eigenvalue weighted by Gasteiger charge is -2.37. The monoisotopic (exact) mass is 320 g/mol. The van der Waals surface area contributed by atoms with Crippen LogP contribution in [-0.2, 0) is 14.0 Å². The molecule has 0 fully saturated rings. The van der Waals surface area contributed by atoms with Crippen LogP contribution in [0.15, 0.2) is 42.5 Å². The van der Waals surface area contributed by atoms with Crippen LogP contribution in [0.2, 0.25) is 18.1 Å². The number of esters is 1. The van der Waals surface area contributed by atoms with Crippen molar-refractivity contribution in [2.24, 2.45) is 0 Å². The van der Waals surface area contributed by atoms with Gasteiger partial charge in [-0.15, -0.1) is 0 Å². The molecule has 22 heavy (non-hydrogen) atoms. The van der Waals surface area contributed by atoms with Gasteiger partial charge in [0, 0.05) is 18.1 Å². The smallest absolute Gasteiger partial charge is 0.333 e. The summed E-state index contributed by atoms with van der Waals surface area (Å²) < 4.78 is 11.1. The summed E-state index contributed by atoms with van der Waals surface area (Å²) in [6, 6.07) is 9.86. The summed E-state index contributed by atoms with van der Waals surface area (Å²) in [5, 5.41) is 0.126. The fourth-order valence-corrected chi connectivity index (χ4v) is 2.88. The van der Waals surface area contributed by atoms with Gasteiger partial charge in [-0.05, 0) is 23.7 Å². The minimum Gasteiger partial charge on any atom is -0.466 e. The maximum absolute atomic E-state index is 11.9. The fourth-order valence-electron chi connectivity index (χ4n) is 1.86. The number of carbonyl (C=O) groups excluding carboxylic acids is 1. The Morgan fingerprint density at radius 3 is 2.23 bits per heavy atom. The average molecular weight is 321 g/mol. The zero-order valence-corrected chi connectivity index (χ0v) is 15.6. The largest absolute Gasteiger partial charge is 0.466 e. The van der Waals surface area contributed by atoms with Crippen LogP contribution in [0.3, 0.4) is 0 Å². The third kappa shape index (κ3) is 4.55. The molecule has 1 aromatic rings. The normalized spacial score (nSPS) is 13.5. The Morgan fingerprint density at radius 2 is 1.77 bits per heavy atom. The molecule has 0 bridgehead atoms. The van der Waals surface area contributed by atoms with Gasteiger partial charge >= 0.3 is 5.97 Å². The molecule has 0 spiro atoms. The number of ether oxygens (including phenoxy) is 1. The van der Waals surface area contributed by atoms with E-state index in [0.29, 0.717) is 12.2 Å². The quantitative estimate of drug-likeness (QED) is 0.439. The van der Waals surface area contributed by atoms with Crippen molar-refractivity contribution in [2.45, 2.75) is 44.8 Å². The molecule has 122 valence electrons. The molecule has 0 aromatic heterocycles. The van der Waals surface area contributed by atoms with Crippen LogP contribution in [0.1, 0.15) is 32.3 Å². The molecule has 1 rings (SSSR count). The van der Waals surface area contributed by atoms with Crippen molar-refractivity contribution in [3.05, 3.63) is 48.0 Å². The van der Waals surface area contributed by atoms with Gasteiger partial charge in [-0.25, -0.2) is 4.79 Å². The van der Waals surface area contributed by atoms with Crippen molar-refractivity contribution in [3.63, 3.8) is 0 Å². The molecule has 1 atom stereocenters. The molecule has 0 radical (unpaired) electrons. The first-order valence-electron chi connectivity index (χ1n) is 7.56. The first-order valence-corrected chi connectivity index (χ1v) is 10.5. The number of hydrogen-bond acceptors (Lipinski definition) is 3. The molecule has 0 aliphatic rings. The Bertz CT molecular complexity index is 515. The Hall–Kier alpha value is -1.39. The van der Waals surface area contributed by atoms with Crippen LogP contribution in [-0.4, -0.2) is 28.0 Å². The van der Waals surface area contributed by atoms with Crippen LogP contribution < -0.4 is 0 Å². The van der Waals surface area contributed by atoms with Crippen molar-refractivity contribution in [3.8, 4) is 0 Å². The van der Waals surface area contributed by atoms with Crippen molar-refractivity contribution in [2.75, 3.05) is 13.7 Å². The minimum absolute atomic E-state index is 0.126. The van der Waals surface area contributed by atoms with E-state index in [1.54, 1.807) is 0 Å². The topological polar surface area (TPSA) is 35.5 Å². The SMILES string of the molecule is C=C(C(=O)OC)[C@@H](CO[Si](C)(C)C(C)(C)C)c1ccccc1. The van der Waals surface area contributed by atoms with E-state index >= 15 is 0 Å². The molecule has 0 N–H and O–H groups in total. The van der Waals surface area contributed by atoms with E-state index in [9.17, 15) is 4.79 Å². The highest BCUT2D eigenvalue weighted by molar-refractivity contribution is 6.74.